The Hall–Kier alpha value is -2.39. The third kappa shape index (κ3) is 3.76. The number of phosphoric acid groups is 1. The number of imide groups is 2. The Morgan fingerprint density at radius 2 is 1.79 bits per heavy atom. The van der Waals surface area contributed by atoms with Gasteiger partial charge in [-0.2, -0.15) is 0 Å². The Balaban J connectivity index is 1.93. The molecule has 1 aromatic rings. The highest BCUT2D eigenvalue weighted by atomic mass is 31.2. The van der Waals surface area contributed by atoms with Gasteiger partial charge in [-0.15, -0.1) is 0 Å². The number of hydrogen-bond acceptors (Lipinski definition) is 6. The summed E-state index contributed by atoms with van der Waals surface area (Å²) >= 11 is 0. The van der Waals surface area contributed by atoms with E-state index in [9.17, 15) is 23.7 Å². The number of aryl methyl sites for hydroxylation is 1. The molecule has 2 N–H and O–H groups in total. The molecule has 29 heavy (non-hydrogen) atoms. The van der Waals surface area contributed by atoms with E-state index in [1.807, 2.05) is 13.8 Å². The van der Waals surface area contributed by atoms with Gasteiger partial charge in [0.25, 0.3) is 17.7 Å². The van der Waals surface area contributed by atoms with Crippen molar-refractivity contribution in [2.45, 2.75) is 45.6 Å². The molecular formula is C18H21N2O8P. The molecule has 0 bridgehead atoms. The summed E-state index contributed by atoms with van der Waals surface area (Å²) in [5.74, 6) is -2.82. The second-order valence-electron chi connectivity index (χ2n) is 6.78. The van der Waals surface area contributed by atoms with Crippen LogP contribution in [-0.2, 0) is 31.5 Å². The number of nitrogens with zero attached hydrogens (tertiary/aromatic N) is 2. The Bertz CT molecular complexity index is 953. The molecule has 156 valence electrons. The SMILES string of the molecule is CCc1ccc2c(c1CC)C(=O)N(C1CCC(=O)N(COP(=O)(O)O)C1=O)C2=O. The number of hydrogen-bond donors (Lipinski definition) is 2. The average Bonchev–Trinajstić information content (AvgIpc) is 2.91. The van der Waals surface area contributed by atoms with E-state index in [4.69, 9.17) is 9.79 Å². The minimum absolute atomic E-state index is 0.0579. The van der Waals surface area contributed by atoms with Crippen LogP contribution in [0.25, 0.3) is 0 Å². The van der Waals surface area contributed by atoms with Crippen molar-refractivity contribution in [3.63, 3.8) is 0 Å². The lowest BCUT2D eigenvalue weighted by molar-refractivity contribution is -0.155. The molecule has 1 aromatic carbocycles. The quantitative estimate of drug-likeness (QED) is 0.509. The van der Waals surface area contributed by atoms with Gasteiger partial charge in [0, 0.05) is 6.42 Å². The van der Waals surface area contributed by atoms with Crippen LogP contribution in [0.4, 0.5) is 0 Å². The number of rotatable bonds is 6. The third-order valence-corrected chi connectivity index (χ3v) is 5.63. The van der Waals surface area contributed by atoms with Crippen molar-refractivity contribution >= 4 is 31.5 Å². The number of phosphoric ester groups is 1. The summed E-state index contributed by atoms with van der Waals surface area (Å²) in [4.78, 5) is 69.9. The van der Waals surface area contributed by atoms with E-state index in [1.165, 1.54) is 0 Å². The van der Waals surface area contributed by atoms with Crippen molar-refractivity contribution in [2.24, 2.45) is 0 Å². The van der Waals surface area contributed by atoms with Crippen LogP contribution in [0.2, 0.25) is 0 Å². The van der Waals surface area contributed by atoms with Crippen LogP contribution in [0.15, 0.2) is 12.1 Å². The second kappa shape index (κ2) is 7.79. The third-order valence-electron chi connectivity index (χ3n) is 5.18. The Kier molecular flexibility index (Phi) is 5.73. The molecule has 2 heterocycles. The first-order valence-electron chi connectivity index (χ1n) is 9.17. The van der Waals surface area contributed by atoms with Gasteiger partial charge in [-0.3, -0.25) is 33.5 Å². The molecule has 1 saturated heterocycles. The van der Waals surface area contributed by atoms with Gasteiger partial charge in [-0.25, -0.2) is 4.57 Å². The molecule has 1 fully saturated rings. The van der Waals surface area contributed by atoms with Crippen molar-refractivity contribution in [3.8, 4) is 0 Å². The zero-order valence-corrected chi connectivity index (χ0v) is 16.8. The van der Waals surface area contributed by atoms with Crippen molar-refractivity contribution < 1.29 is 38.1 Å². The fourth-order valence-electron chi connectivity index (χ4n) is 3.80. The van der Waals surface area contributed by atoms with Gasteiger partial charge in [0.05, 0.1) is 11.1 Å². The minimum Gasteiger partial charge on any atom is -0.303 e. The van der Waals surface area contributed by atoms with Crippen molar-refractivity contribution in [2.75, 3.05) is 6.73 Å². The fraction of sp³-hybridized carbons (Fsp3) is 0.444. The van der Waals surface area contributed by atoms with Gasteiger partial charge < -0.3 is 9.79 Å². The molecular weight excluding hydrogens is 403 g/mol. The van der Waals surface area contributed by atoms with Crippen LogP contribution in [0.1, 0.15) is 58.5 Å². The predicted octanol–water partition coefficient (Wildman–Crippen LogP) is 0.992. The highest BCUT2D eigenvalue weighted by Crippen LogP contribution is 2.37. The summed E-state index contributed by atoms with van der Waals surface area (Å²) < 4.78 is 15.2. The van der Waals surface area contributed by atoms with Crippen LogP contribution < -0.4 is 0 Å². The van der Waals surface area contributed by atoms with E-state index in [1.54, 1.807) is 12.1 Å². The number of benzene rings is 1. The number of likely N-dealkylation sites (tertiary alicyclic amines) is 1. The van der Waals surface area contributed by atoms with E-state index in [-0.39, 0.29) is 24.0 Å². The smallest absolute Gasteiger partial charge is 0.303 e. The number of carbonyl (C=O) groups excluding carboxylic acids is 4. The van der Waals surface area contributed by atoms with Crippen LogP contribution in [0.5, 0.6) is 0 Å². The van der Waals surface area contributed by atoms with Gasteiger partial charge in [-0.1, -0.05) is 19.9 Å². The Morgan fingerprint density at radius 1 is 1.10 bits per heavy atom. The zero-order valence-electron chi connectivity index (χ0n) is 16.0. The lowest BCUT2D eigenvalue weighted by atomic mass is 9.94. The first-order chi connectivity index (χ1) is 13.6. The van der Waals surface area contributed by atoms with E-state index in [0.717, 1.165) is 16.0 Å². The van der Waals surface area contributed by atoms with Gasteiger partial charge in [-0.05, 0) is 36.5 Å². The molecule has 2 aliphatic heterocycles. The van der Waals surface area contributed by atoms with E-state index < -0.39 is 44.2 Å². The maximum absolute atomic E-state index is 13.1. The maximum Gasteiger partial charge on any atom is 0.471 e. The van der Waals surface area contributed by atoms with E-state index in [2.05, 4.69) is 4.52 Å². The number of carbonyl (C=O) groups is 4. The Labute approximate surface area is 166 Å². The molecule has 2 aliphatic rings. The van der Waals surface area contributed by atoms with Gasteiger partial charge in [0.15, 0.2) is 0 Å². The summed E-state index contributed by atoms with van der Waals surface area (Å²) in [6, 6.07) is 2.12. The predicted molar refractivity (Wildman–Crippen MR) is 98.6 cm³/mol. The van der Waals surface area contributed by atoms with Gasteiger partial charge in [0.1, 0.15) is 12.8 Å². The molecule has 1 unspecified atom stereocenters. The normalized spacial score (nSPS) is 19.9. The molecule has 3 rings (SSSR count). The minimum atomic E-state index is -4.92. The molecule has 1 atom stereocenters. The van der Waals surface area contributed by atoms with Crippen LogP contribution in [-0.4, -0.2) is 56.0 Å². The van der Waals surface area contributed by atoms with Crippen LogP contribution in [0.3, 0.4) is 0 Å². The lowest BCUT2D eigenvalue weighted by Gasteiger charge is -2.34. The first kappa shape index (κ1) is 21.3. The van der Waals surface area contributed by atoms with Gasteiger partial charge >= 0.3 is 7.82 Å². The molecule has 0 saturated carbocycles. The van der Waals surface area contributed by atoms with Gasteiger partial charge in [0.2, 0.25) is 5.91 Å². The highest BCUT2D eigenvalue weighted by molar-refractivity contribution is 7.46. The molecule has 10 nitrogen and oxygen atoms in total. The molecule has 11 heteroatoms. The monoisotopic (exact) mass is 424 g/mol. The second-order valence-corrected chi connectivity index (χ2v) is 8.02. The maximum atomic E-state index is 13.1. The number of fused-ring (bicyclic) bond motifs is 1. The summed E-state index contributed by atoms with van der Waals surface area (Å²) in [6.07, 6.45) is 0.994. The Morgan fingerprint density at radius 3 is 2.38 bits per heavy atom. The summed E-state index contributed by atoms with van der Waals surface area (Å²) in [5.41, 5.74) is 2.19. The summed E-state index contributed by atoms with van der Waals surface area (Å²) in [5, 5.41) is 0. The average molecular weight is 424 g/mol. The van der Waals surface area contributed by atoms with Crippen LogP contribution in [0, 0.1) is 0 Å². The van der Waals surface area contributed by atoms with Crippen molar-refractivity contribution in [1.82, 2.24) is 9.80 Å². The van der Waals surface area contributed by atoms with Crippen molar-refractivity contribution in [3.05, 3.63) is 34.4 Å². The largest absolute Gasteiger partial charge is 0.471 e. The number of piperidine rings is 1. The molecule has 0 radical (unpaired) electrons. The molecule has 0 spiro atoms. The zero-order chi connectivity index (χ0) is 21.5. The van der Waals surface area contributed by atoms with Crippen LogP contribution >= 0.6 is 7.82 Å². The topological polar surface area (TPSA) is 142 Å². The van der Waals surface area contributed by atoms with E-state index >= 15 is 0 Å². The number of amides is 4. The molecule has 4 amide bonds. The summed E-state index contributed by atoms with van der Waals surface area (Å²) in [7, 11) is -4.92. The molecule has 0 aromatic heterocycles. The standard InChI is InChI=1S/C18H21N2O8P/c1-3-10-5-6-12-15(11(10)4-2)18(24)20(16(12)22)13-7-8-14(21)19(17(13)23)9-28-29(25,26)27/h5-6,13H,3-4,7-9H2,1-2H3,(H2,25,26,27). The van der Waals surface area contributed by atoms with Crippen molar-refractivity contribution in [1.29, 1.82) is 0 Å². The fourth-order valence-corrected chi connectivity index (χ4v) is 4.07. The first-order valence-corrected chi connectivity index (χ1v) is 10.7. The summed E-state index contributed by atoms with van der Waals surface area (Å²) in [6.45, 7) is 2.86. The molecule has 0 aliphatic carbocycles. The van der Waals surface area contributed by atoms with E-state index in [0.29, 0.717) is 17.7 Å². The lowest BCUT2D eigenvalue weighted by Crippen LogP contribution is -2.56. The highest BCUT2D eigenvalue weighted by Gasteiger charge is 2.48.